The number of para-hydroxylation sites is 1. The van der Waals surface area contributed by atoms with Crippen LogP contribution in [0, 0.1) is 0 Å². The number of benzene rings is 1. The highest BCUT2D eigenvalue weighted by molar-refractivity contribution is 8.01. The van der Waals surface area contributed by atoms with Gasteiger partial charge in [-0.1, -0.05) is 30.0 Å². The number of carbonyl (C=O) groups excluding carboxylic acids is 2. The Morgan fingerprint density at radius 1 is 1.22 bits per heavy atom. The van der Waals surface area contributed by atoms with Crippen LogP contribution < -0.4 is 10.1 Å². The number of β-lactam (4-membered cyclic amide) rings is 1. The van der Waals surface area contributed by atoms with Crippen molar-refractivity contribution in [3.05, 3.63) is 47.4 Å². The molecule has 1 unspecified atom stereocenters. The van der Waals surface area contributed by atoms with E-state index >= 15 is 0 Å². The number of carboxylic acid groups (broad SMARTS) is 2. The number of hydrogen-bond acceptors (Lipinski definition) is 9. The summed E-state index contributed by atoms with van der Waals surface area (Å²) in [6.45, 7) is -0.263. The first kappa shape index (κ1) is 25.6. The van der Waals surface area contributed by atoms with E-state index in [9.17, 15) is 24.3 Å². The van der Waals surface area contributed by atoms with E-state index in [1.54, 1.807) is 35.9 Å². The number of aromatic nitrogens is 3. The van der Waals surface area contributed by atoms with Crippen molar-refractivity contribution >= 4 is 47.3 Å². The van der Waals surface area contributed by atoms with Crippen LogP contribution in [0.25, 0.3) is 0 Å². The van der Waals surface area contributed by atoms with Crippen molar-refractivity contribution in [1.29, 1.82) is 0 Å². The maximum atomic E-state index is 12.8. The van der Waals surface area contributed by atoms with Gasteiger partial charge in [-0.25, -0.2) is 4.79 Å². The van der Waals surface area contributed by atoms with E-state index in [1.807, 2.05) is 6.07 Å². The van der Waals surface area contributed by atoms with Crippen LogP contribution >= 0.6 is 23.5 Å². The number of fused-ring (bicyclic) bond motifs is 1. The zero-order valence-electron chi connectivity index (χ0n) is 19.1. The van der Waals surface area contributed by atoms with Crippen LogP contribution in [0.2, 0.25) is 0 Å². The molecule has 0 bridgehead atoms. The average Bonchev–Trinajstić information content (AvgIpc) is 3.22. The molecule has 190 valence electrons. The topological polar surface area (TPSA) is 164 Å². The summed E-state index contributed by atoms with van der Waals surface area (Å²) in [6, 6.07) is 7.96. The molecule has 36 heavy (non-hydrogen) atoms. The van der Waals surface area contributed by atoms with E-state index in [0.717, 1.165) is 0 Å². The highest BCUT2D eigenvalue weighted by atomic mass is 32.2. The lowest BCUT2D eigenvalue weighted by atomic mass is 10.0. The third-order valence-electron chi connectivity index (χ3n) is 5.54. The number of rotatable bonds is 11. The molecule has 2 aliphatic rings. The largest absolute Gasteiger partial charge is 0.484 e. The van der Waals surface area contributed by atoms with Gasteiger partial charge in [0.2, 0.25) is 0 Å². The van der Waals surface area contributed by atoms with Crippen molar-refractivity contribution in [2.45, 2.75) is 29.4 Å². The van der Waals surface area contributed by atoms with E-state index in [-0.39, 0.29) is 30.9 Å². The Labute approximate surface area is 214 Å². The number of thioether (sulfide) groups is 2. The Morgan fingerprint density at radius 3 is 2.67 bits per heavy atom. The highest BCUT2D eigenvalue weighted by Gasteiger charge is 2.54. The van der Waals surface area contributed by atoms with Gasteiger partial charge in [-0.05, 0) is 17.7 Å². The minimum atomic E-state index is -1.22. The SMILES string of the molecule is Cn1c(CCC(=O)O)nnc1SCC1=C(C(=O)O)N2C(=O)C(NC(=O)COc3ccccc3)[C@@H]2SC1. The summed E-state index contributed by atoms with van der Waals surface area (Å²) in [5, 5.41) is 29.4. The van der Waals surface area contributed by atoms with Gasteiger partial charge in [-0.2, -0.15) is 0 Å². The number of carboxylic acids is 2. The molecule has 1 saturated heterocycles. The average molecular weight is 534 g/mol. The van der Waals surface area contributed by atoms with Gasteiger partial charge in [0.15, 0.2) is 11.8 Å². The van der Waals surface area contributed by atoms with Gasteiger partial charge in [-0.15, -0.1) is 22.0 Å². The number of amides is 2. The molecule has 0 saturated carbocycles. The summed E-state index contributed by atoms with van der Waals surface area (Å²) < 4.78 is 7.08. The molecule has 1 aromatic carbocycles. The molecule has 2 amide bonds. The Hall–Kier alpha value is -3.52. The van der Waals surface area contributed by atoms with Crippen LogP contribution in [0.3, 0.4) is 0 Å². The molecule has 0 aliphatic carbocycles. The van der Waals surface area contributed by atoms with E-state index in [0.29, 0.717) is 28.1 Å². The van der Waals surface area contributed by atoms with Gasteiger partial charge < -0.3 is 24.8 Å². The molecule has 3 N–H and O–H groups in total. The van der Waals surface area contributed by atoms with E-state index in [1.165, 1.54) is 28.4 Å². The molecule has 0 spiro atoms. The molecule has 3 heterocycles. The van der Waals surface area contributed by atoms with Crippen LogP contribution in [-0.2, 0) is 32.6 Å². The smallest absolute Gasteiger partial charge is 0.352 e. The number of hydrogen-bond donors (Lipinski definition) is 3. The first-order valence-corrected chi connectivity index (χ1v) is 12.9. The van der Waals surface area contributed by atoms with Crippen LogP contribution in [0.4, 0.5) is 0 Å². The van der Waals surface area contributed by atoms with Gasteiger partial charge in [-0.3, -0.25) is 19.3 Å². The molecule has 2 atom stereocenters. The zero-order chi connectivity index (χ0) is 25.8. The van der Waals surface area contributed by atoms with Crippen molar-refractivity contribution in [2.24, 2.45) is 7.05 Å². The number of aryl methyl sites for hydroxylation is 1. The first-order valence-electron chi connectivity index (χ1n) is 10.9. The molecule has 14 heteroatoms. The Morgan fingerprint density at radius 2 is 1.97 bits per heavy atom. The second-order valence-corrected chi connectivity index (χ2v) is 10.0. The van der Waals surface area contributed by atoms with E-state index < -0.39 is 35.2 Å². The molecule has 1 fully saturated rings. The van der Waals surface area contributed by atoms with Crippen molar-refractivity contribution in [1.82, 2.24) is 25.0 Å². The second-order valence-electron chi connectivity index (χ2n) is 7.95. The van der Waals surface area contributed by atoms with Crippen molar-refractivity contribution in [3.8, 4) is 5.75 Å². The van der Waals surface area contributed by atoms with E-state index in [2.05, 4.69) is 15.5 Å². The predicted molar refractivity (Wildman–Crippen MR) is 129 cm³/mol. The Bertz CT molecular complexity index is 1220. The molecule has 12 nitrogen and oxygen atoms in total. The highest BCUT2D eigenvalue weighted by Crippen LogP contribution is 2.41. The lowest BCUT2D eigenvalue weighted by Crippen LogP contribution is -2.70. The van der Waals surface area contributed by atoms with Crippen LogP contribution in [0.15, 0.2) is 46.8 Å². The summed E-state index contributed by atoms with van der Waals surface area (Å²) >= 11 is 2.63. The third-order valence-corrected chi connectivity index (χ3v) is 7.99. The van der Waals surface area contributed by atoms with Gasteiger partial charge in [0.05, 0.1) is 6.42 Å². The molecule has 4 rings (SSSR count). The molecular weight excluding hydrogens is 510 g/mol. The number of nitrogens with zero attached hydrogens (tertiary/aromatic N) is 4. The quantitative estimate of drug-likeness (QED) is 0.276. The van der Waals surface area contributed by atoms with Crippen molar-refractivity contribution in [3.63, 3.8) is 0 Å². The Kier molecular flexibility index (Phi) is 7.84. The number of carbonyl (C=O) groups is 4. The zero-order valence-corrected chi connectivity index (χ0v) is 20.8. The fourth-order valence-corrected chi connectivity index (χ4v) is 6.15. The number of nitrogens with one attached hydrogen (secondary N) is 1. The predicted octanol–water partition coefficient (Wildman–Crippen LogP) is 0.742. The minimum absolute atomic E-state index is 0.0733. The van der Waals surface area contributed by atoms with Crippen LogP contribution in [0.1, 0.15) is 12.2 Å². The van der Waals surface area contributed by atoms with Gasteiger partial charge in [0, 0.05) is 25.0 Å². The maximum absolute atomic E-state index is 12.8. The van der Waals surface area contributed by atoms with Crippen molar-refractivity contribution < 1.29 is 34.1 Å². The molecule has 1 aromatic heterocycles. The summed E-state index contributed by atoms with van der Waals surface area (Å²) in [6.07, 6.45) is 0.155. The standard InChI is InChI=1S/C22H23N5O7S2/c1-26-14(7-8-16(29)30)24-25-22(26)36-11-12-10-35-20-17(19(31)27(20)18(12)21(32)33)23-15(28)9-34-13-5-3-2-4-6-13/h2-6,17,20H,7-11H2,1H3,(H,23,28)(H,29,30)(H,32,33)/t17?,20-/m0/s1. The van der Waals surface area contributed by atoms with Gasteiger partial charge in [0.1, 0.15) is 28.7 Å². The minimum Gasteiger partial charge on any atom is -0.484 e. The normalized spacial score (nSPS) is 18.9. The van der Waals surface area contributed by atoms with Gasteiger partial charge >= 0.3 is 11.9 Å². The third kappa shape index (κ3) is 5.49. The fraction of sp³-hybridized carbons (Fsp3) is 0.364. The lowest BCUT2D eigenvalue weighted by molar-refractivity contribution is -0.150. The van der Waals surface area contributed by atoms with Crippen LogP contribution in [0.5, 0.6) is 5.75 Å². The monoisotopic (exact) mass is 533 g/mol. The number of ether oxygens (including phenoxy) is 1. The van der Waals surface area contributed by atoms with E-state index in [4.69, 9.17) is 9.84 Å². The summed E-state index contributed by atoms with van der Waals surface area (Å²) in [5.41, 5.74) is 0.463. The number of aliphatic carboxylic acids is 2. The van der Waals surface area contributed by atoms with Crippen molar-refractivity contribution in [2.75, 3.05) is 18.1 Å². The molecular formula is C22H23N5O7S2. The lowest BCUT2D eigenvalue weighted by Gasteiger charge is -2.49. The van der Waals surface area contributed by atoms with Gasteiger partial charge in [0.25, 0.3) is 11.8 Å². The molecule has 0 radical (unpaired) electrons. The fourth-order valence-electron chi connectivity index (χ4n) is 3.73. The summed E-state index contributed by atoms with van der Waals surface area (Å²) in [5.74, 6) is -1.46. The summed E-state index contributed by atoms with van der Waals surface area (Å²) in [4.78, 5) is 49.2. The Balaban J connectivity index is 1.37. The summed E-state index contributed by atoms with van der Waals surface area (Å²) in [7, 11) is 1.71. The maximum Gasteiger partial charge on any atom is 0.352 e. The first-order chi connectivity index (χ1) is 17.3. The second kappa shape index (κ2) is 11.0. The van der Waals surface area contributed by atoms with Crippen LogP contribution in [-0.4, -0.2) is 83.2 Å². The molecule has 2 aliphatic heterocycles. The molecule has 2 aromatic rings.